The predicted molar refractivity (Wildman–Crippen MR) is 32.6 cm³/mol. The van der Waals surface area contributed by atoms with E-state index in [2.05, 4.69) is 6.58 Å². The van der Waals surface area contributed by atoms with Gasteiger partial charge in [0, 0.05) is 17.5 Å². The third-order valence-electron chi connectivity index (χ3n) is 0.744. The normalized spacial score (nSPS) is 12.7. The van der Waals surface area contributed by atoms with Gasteiger partial charge in [-0.1, -0.05) is 18.2 Å². The van der Waals surface area contributed by atoms with Crippen molar-refractivity contribution in [3.05, 3.63) is 11.6 Å². The second-order valence-corrected chi connectivity index (χ2v) is 2.18. The Labute approximate surface area is 58.1 Å². The Hall–Kier alpha value is -0.540. The molecule has 3 nitrogen and oxygen atoms in total. The highest BCUT2D eigenvalue weighted by atomic mass is 35.5. The van der Waals surface area contributed by atoms with Gasteiger partial charge in [-0.25, -0.2) is 0 Å². The summed E-state index contributed by atoms with van der Waals surface area (Å²) in [7, 11) is 0. The standard InChI is InChI=1S/C5H8ClNO2/c1-3(6)2-4(7)5(8)9/h4H,1-2,7H2,(H,8,9)/p-1/t4-/m0/s1. The van der Waals surface area contributed by atoms with Gasteiger partial charge in [0.1, 0.15) is 0 Å². The summed E-state index contributed by atoms with van der Waals surface area (Å²) in [5.74, 6) is -1.31. The molecule has 52 valence electrons. The zero-order valence-corrected chi connectivity index (χ0v) is 5.52. The fourth-order valence-corrected chi connectivity index (χ4v) is 0.488. The van der Waals surface area contributed by atoms with Crippen LogP contribution in [0.5, 0.6) is 0 Å². The number of halogens is 1. The Bertz CT molecular complexity index is 135. The van der Waals surface area contributed by atoms with E-state index in [-0.39, 0.29) is 11.5 Å². The SMILES string of the molecule is C=C(Cl)C[C@H](N)C(=O)[O-]. The Balaban J connectivity index is 3.63. The molecule has 0 bridgehead atoms. The van der Waals surface area contributed by atoms with Crippen LogP contribution in [-0.2, 0) is 4.79 Å². The maximum atomic E-state index is 9.90. The molecule has 4 heteroatoms. The van der Waals surface area contributed by atoms with Crippen molar-refractivity contribution >= 4 is 17.6 Å². The van der Waals surface area contributed by atoms with Gasteiger partial charge < -0.3 is 15.6 Å². The zero-order valence-electron chi connectivity index (χ0n) is 4.76. The first-order valence-electron chi connectivity index (χ1n) is 2.33. The number of aliphatic carboxylic acids is 1. The highest BCUT2D eigenvalue weighted by Gasteiger charge is 2.02. The molecule has 1 atom stereocenters. The van der Waals surface area contributed by atoms with Crippen molar-refractivity contribution in [3.8, 4) is 0 Å². The number of carboxylic acids is 1. The van der Waals surface area contributed by atoms with Gasteiger partial charge in [0.05, 0.1) is 5.97 Å². The number of carbonyl (C=O) groups is 1. The Kier molecular flexibility index (Phi) is 3.27. The second-order valence-electron chi connectivity index (χ2n) is 1.65. The van der Waals surface area contributed by atoms with Gasteiger partial charge in [0.2, 0.25) is 0 Å². The molecule has 9 heavy (non-hydrogen) atoms. The number of carboxylic acid groups (broad SMARTS) is 1. The average Bonchev–Trinajstić information content (AvgIpc) is 1.63. The topological polar surface area (TPSA) is 66.2 Å². The molecule has 0 aliphatic heterocycles. The summed E-state index contributed by atoms with van der Waals surface area (Å²) in [4.78, 5) is 9.90. The minimum absolute atomic E-state index is 0.0594. The molecule has 0 rings (SSSR count). The molecule has 2 N–H and O–H groups in total. The molecular weight excluding hydrogens is 142 g/mol. The molecule has 0 radical (unpaired) electrons. The quantitative estimate of drug-likeness (QED) is 0.570. The fraction of sp³-hybridized carbons (Fsp3) is 0.400. The lowest BCUT2D eigenvalue weighted by atomic mass is 10.2. The zero-order chi connectivity index (χ0) is 7.44. The number of nitrogens with two attached hydrogens (primary N) is 1. The monoisotopic (exact) mass is 148 g/mol. The van der Waals surface area contributed by atoms with Crippen LogP contribution >= 0.6 is 11.6 Å². The van der Waals surface area contributed by atoms with E-state index < -0.39 is 12.0 Å². The minimum Gasteiger partial charge on any atom is -0.548 e. The number of carbonyl (C=O) groups excluding carboxylic acids is 1. The third kappa shape index (κ3) is 4.00. The largest absolute Gasteiger partial charge is 0.548 e. The van der Waals surface area contributed by atoms with Crippen molar-refractivity contribution < 1.29 is 9.90 Å². The number of rotatable bonds is 3. The molecular formula is C5H7ClNO2-. The second kappa shape index (κ2) is 3.48. The first-order chi connectivity index (χ1) is 4.04. The molecule has 0 aromatic rings. The summed E-state index contributed by atoms with van der Waals surface area (Å²) in [6.07, 6.45) is 0.0594. The molecule has 0 unspecified atom stereocenters. The number of hydrogen-bond acceptors (Lipinski definition) is 3. The highest BCUT2D eigenvalue weighted by Crippen LogP contribution is 2.04. The van der Waals surface area contributed by atoms with Gasteiger partial charge in [-0.15, -0.1) is 0 Å². The smallest absolute Gasteiger partial charge is 0.0585 e. The summed E-state index contributed by atoms with van der Waals surface area (Å²) >= 11 is 5.25. The summed E-state index contributed by atoms with van der Waals surface area (Å²) in [5, 5.41) is 10.1. The maximum absolute atomic E-state index is 9.90. The molecule has 0 aromatic carbocycles. The van der Waals surface area contributed by atoms with Gasteiger partial charge in [-0.2, -0.15) is 0 Å². The fourth-order valence-electron chi connectivity index (χ4n) is 0.322. The first kappa shape index (κ1) is 8.46. The minimum atomic E-state index is -1.31. The van der Waals surface area contributed by atoms with E-state index in [4.69, 9.17) is 17.3 Å². The van der Waals surface area contributed by atoms with Gasteiger partial charge >= 0.3 is 0 Å². The lowest BCUT2D eigenvalue weighted by Crippen LogP contribution is -2.41. The van der Waals surface area contributed by atoms with Crippen LogP contribution in [0.2, 0.25) is 0 Å². The van der Waals surface area contributed by atoms with E-state index in [1.165, 1.54) is 0 Å². The summed E-state index contributed by atoms with van der Waals surface area (Å²) < 4.78 is 0. The van der Waals surface area contributed by atoms with Crippen molar-refractivity contribution in [1.29, 1.82) is 0 Å². The molecule has 0 aromatic heterocycles. The lowest BCUT2D eigenvalue weighted by Gasteiger charge is -2.09. The highest BCUT2D eigenvalue weighted by molar-refractivity contribution is 6.29. The van der Waals surface area contributed by atoms with Gasteiger partial charge in [-0.05, 0) is 0 Å². The van der Waals surface area contributed by atoms with Crippen LogP contribution in [-0.4, -0.2) is 12.0 Å². The van der Waals surface area contributed by atoms with Gasteiger partial charge in [0.25, 0.3) is 0 Å². The van der Waals surface area contributed by atoms with E-state index in [9.17, 15) is 9.90 Å². The van der Waals surface area contributed by atoms with Gasteiger partial charge in [0.15, 0.2) is 0 Å². The van der Waals surface area contributed by atoms with Crippen molar-refractivity contribution in [2.24, 2.45) is 5.73 Å². The van der Waals surface area contributed by atoms with Crippen LogP contribution in [0.3, 0.4) is 0 Å². The third-order valence-corrected chi connectivity index (χ3v) is 0.898. The maximum Gasteiger partial charge on any atom is 0.0585 e. The lowest BCUT2D eigenvalue weighted by molar-refractivity contribution is -0.307. The molecule has 0 saturated carbocycles. The van der Waals surface area contributed by atoms with Gasteiger partial charge in [-0.3, -0.25) is 0 Å². The molecule has 0 saturated heterocycles. The van der Waals surface area contributed by atoms with Crippen molar-refractivity contribution in [2.75, 3.05) is 0 Å². The molecule has 0 spiro atoms. The van der Waals surface area contributed by atoms with E-state index in [0.29, 0.717) is 0 Å². The average molecular weight is 149 g/mol. The van der Waals surface area contributed by atoms with Crippen molar-refractivity contribution in [2.45, 2.75) is 12.5 Å². The molecule has 0 aliphatic rings. The molecule has 0 fully saturated rings. The molecule has 0 aliphatic carbocycles. The van der Waals surface area contributed by atoms with Crippen LogP contribution in [0.15, 0.2) is 11.6 Å². The first-order valence-corrected chi connectivity index (χ1v) is 2.71. The molecule has 0 amide bonds. The van der Waals surface area contributed by atoms with E-state index in [1.54, 1.807) is 0 Å². The van der Waals surface area contributed by atoms with E-state index in [1.807, 2.05) is 0 Å². The van der Waals surface area contributed by atoms with Crippen LogP contribution in [0.25, 0.3) is 0 Å². The van der Waals surface area contributed by atoms with Crippen LogP contribution in [0.4, 0.5) is 0 Å². The van der Waals surface area contributed by atoms with Crippen LogP contribution < -0.4 is 10.8 Å². The van der Waals surface area contributed by atoms with Crippen LogP contribution in [0.1, 0.15) is 6.42 Å². The van der Waals surface area contributed by atoms with Crippen molar-refractivity contribution in [3.63, 3.8) is 0 Å². The predicted octanol–water partition coefficient (Wildman–Crippen LogP) is -0.794. The van der Waals surface area contributed by atoms with E-state index in [0.717, 1.165) is 0 Å². The van der Waals surface area contributed by atoms with E-state index >= 15 is 0 Å². The Morgan fingerprint density at radius 2 is 2.33 bits per heavy atom. The summed E-state index contributed by atoms with van der Waals surface area (Å²) in [5.41, 5.74) is 5.01. The summed E-state index contributed by atoms with van der Waals surface area (Å²) in [6.45, 7) is 3.27. The summed E-state index contributed by atoms with van der Waals surface area (Å²) in [6, 6.07) is -1.03. The van der Waals surface area contributed by atoms with Crippen LogP contribution in [0, 0.1) is 0 Å². The molecule has 0 heterocycles. The Morgan fingerprint density at radius 3 is 2.44 bits per heavy atom. The Morgan fingerprint density at radius 1 is 1.89 bits per heavy atom. The number of hydrogen-bond donors (Lipinski definition) is 1. The van der Waals surface area contributed by atoms with Crippen molar-refractivity contribution in [1.82, 2.24) is 0 Å².